The topological polar surface area (TPSA) is 63.1 Å². The quantitative estimate of drug-likeness (QED) is 0.819. The van der Waals surface area contributed by atoms with Crippen LogP contribution in [0.5, 0.6) is 0 Å². The van der Waals surface area contributed by atoms with E-state index in [9.17, 15) is 4.79 Å². The maximum absolute atomic E-state index is 9.96. The van der Waals surface area contributed by atoms with Crippen LogP contribution < -0.4 is 0 Å². The molecule has 0 saturated heterocycles. The summed E-state index contributed by atoms with van der Waals surface area (Å²) in [7, 11) is 0. The summed E-state index contributed by atoms with van der Waals surface area (Å²) < 4.78 is 0. The molecule has 2 aromatic rings. The molecule has 0 fully saturated rings. The Morgan fingerprint density at radius 1 is 0.900 bits per heavy atom. The highest BCUT2D eigenvalue weighted by Crippen LogP contribution is 1.99. The predicted molar refractivity (Wildman–Crippen MR) is 78.3 cm³/mol. The van der Waals surface area contributed by atoms with E-state index in [0.29, 0.717) is 6.42 Å². The first kappa shape index (κ1) is 16.0. The van der Waals surface area contributed by atoms with Crippen LogP contribution >= 0.6 is 0 Å². The first-order valence-corrected chi connectivity index (χ1v) is 6.69. The van der Waals surface area contributed by atoms with Crippen LogP contribution in [-0.2, 0) is 17.6 Å². The number of carbonyl (C=O) groups excluding carboxylic acids is 1. The maximum Gasteiger partial charge on any atom is 0.120 e. The summed E-state index contributed by atoms with van der Waals surface area (Å²) in [5.74, 6) is 0. The molecule has 0 amide bonds. The van der Waals surface area contributed by atoms with Crippen molar-refractivity contribution in [1.82, 2.24) is 9.97 Å². The van der Waals surface area contributed by atoms with E-state index in [0.717, 1.165) is 25.5 Å². The number of aliphatic hydroxyl groups is 1. The van der Waals surface area contributed by atoms with Gasteiger partial charge in [-0.2, -0.15) is 0 Å². The van der Waals surface area contributed by atoms with E-state index in [1.807, 2.05) is 24.3 Å². The van der Waals surface area contributed by atoms with E-state index < -0.39 is 0 Å². The molecular weight excluding hydrogens is 252 g/mol. The van der Waals surface area contributed by atoms with Crippen molar-refractivity contribution in [3.63, 3.8) is 0 Å². The molecule has 0 aliphatic carbocycles. The highest BCUT2D eigenvalue weighted by atomic mass is 16.2. The first-order valence-electron chi connectivity index (χ1n) is 6.69. The Balaban J connectivity index is 0.000000200. The molecule has 2 aromatic heterocycles. The largest absolute Gasteiger partial charge is 0.396 e. The molecule has 0 aromatic carbocycles. The fourth-order valence-corrected chi connectivity index (χ4v) is 1.61. The van der Waals surface area contributed by atoms with Gasteiger partial charge in [0.05, 0.1) is 0 Å². The average molecular weight is 272 g/mol. The second kappa shape index (κ2) is 10.8. The number of hydrogen-bond donors (Lipinski definition) is 1. The lowest BCUT2D eigenvalue weighted by Crippen LogP contribution is -1.88. The Bertz CT molecular complexity index is 460. The Morgan fingerprint density at radius 2 is 1.40 bits per heavy atom. The minimum atomic E-state index is 0.266. The van der Waals surface area contributed by atoms with Crippen LogP contribution in [0.3, 0.4) is 0 Å². The summed E-state index contributed by atoms with van der Waals surface area (Å²) in [4.78, 5) is 17.7. The summed E-state index contributed by atoms with van der Waals surface area (Å²) in [6.07, 6.45) is 11.2. The van der Waals surface area contributed by atoms with Crippen molar-refractivity contribution in [3.8, 4) is 0 Å². The molecule has 20 heavy (non-hydrogen) atoms. The van der Waals surface area contributed by atoms with Gasteiger partial charge in [0.15, 0.2) is 0 Å². The summed E-state index contributed by atoms with van der Waals surface area (Å²) in [6.45, 7) is 0.266. The van der Waals surface area contributed by atoms with Gasteiger partial charge in [-0.25, -0.2) is 0 Å². The standard InChI is InChI=1S/C8H11NO.C8H9NO/c2*10-7-1-2-8-3-5-9-6-4-8/h3-6,10H,1-2,7H2;3-7H,1-2H2. The second-order valence-electron chi connectivity index (χ2n) is 4.24. The van der Waals surface area contributed by atoms with E-state index in [-0.39, 0.29) is 6.61 Å². The van der Waals surface area contributed by atoms with Crippen molar-refractivity contribution in [2.75, 3.05) is 6.61 Å². The monoisotopic (exact) mass is 272 g/mol. The second-order valence-corrected chi connectivity index (χ2v) is 4.24. The van der Waals surface area contributed by atoms with Crippen LogP contribution in [0.4, 0.5) is 0 Å². The number of hydrogen-bond acceptors (Lipinski definition) is 4. The van der Waals surface area contributed by atoms with Crippen molar-refractivity contribution in [2.24, 2.45) is 0 Å². The van der Waals surface area contributed by atoms with Crippen LogP contribution in [0.25, 0.3) is 0 Å². The van der Waals surface area contributed by atoms with Gasteiger partial charge in [0.25, 0.3) is 0 Å². The summed E-state index contributed by atoms with van der Waals surface area (Å²) >= 11 is 0. The predicted octanol–water partition coefficient (Wildman–Crippen LogP) is 2.22. The van der Waals surface area contributed by atoms with Gasteiger partial charge in [-0.05, 0) is 54.7 Å². The molecule has 0 bridgehead atoms. The molecule has 106 valence electrons. The third-order valence-corrected chi connectivity index (χ3v) is 2.67. The Hall–Kier alpha value is -2.07. The fourth-order valence-electron chi connectivity index (χ4n) is 1.61. The van der Waals surface area contributed by atoms with Crippen molar-refractivity contribution in [2.45, 2.75) is 25.7 Å². The molecular formula is C16H20N2O2. The number of carbonyl (C=O) groups is 1. The number of pyridine rings is 2. The molecule has 0 unspecified atom stereocenters. The highest BCUT2D eigenvalue weighted by molar-refractivity contribution is 5.49. The molecule has 0 radical (unpaired) electrons. The van der Waals surface area contributed by atoms with Gasteiger partial charge >= 0.3 is 0 Å². The molecule has 4 nitrogen and oxygen atoms in total. The number of aromatic nitrogens is 2. The van der Waals surface area contributed by atoms with Crippen molar-refractivity contribution in [1.29, 1.82) is 0 Å². The Morgan fingerprint density at radius 3 is 1.85 bits per heavy atom. The lowest BCUT2D eigenvalue weighted by atomic mass is 10.1. The van der Waals surface area contributed by atoms with Crippen molar-refractivity contribution >= 4 is 6.29 Å². The first-order chi connectivity index (χ1) is 9.86. The normalized spacial score (nSPS) is 9.45. The summed E-state index contributed by atoms with van der Waals surface area (Å²) in [5.41, 5.74) is 2.41. The van der Waals surface area contributed by atoms with Crippen molar-refractivity contribution < 1.29 is 9.90 Å². The lowest BCUT2D eigenvalue weighted by Gasteiger charge is -1.95. The molecule has 2 rings (SSSR count). The minimum Gasteiger partial charge on any atom is -0.396 e. The van der Waals surface area contributed by atoms with Crippen molar-refractivity contribution in [3.05, 3.63) is 60.2 Å². The highest BCUT2D eigenvalue weighted by Gasteiger charge is 1.89. The molecule has 2 heterocycles. The molecule has 0 aliphatic heterocycles. The van der Waals surface area contributed by atoms with E-state index >= 15 is 0 Å². The zero-order valence-corrected chi connectivity index (χ0v) is 11.5. The molecule has 0 saturated carbocycles. The number of rotatable bonds is 6. The van der Waals surface area contributed by atoms with Gasteiger partial charge in [-0.1, -0.05) is 0 Å². The van der Waals surface area contributed by atoms with Crippen LogP contribution in [-0.4, -0.2) is 28.0 Å². The summed E-state index contributed by atoms with van der Waals surface area (Å²) in [5, 5.41) is 8.51. The van der Waals surface area contributed by atoms with E-state index in [1.165, 1.54) is 11.1 Å². The third kappa shape index (κ3) is 7.38. The van der Waals surface area contributed by atoms with Gasteiger partial charge in [0.1, 0.15) is 6.29 Å². The van der Waals surface area contributed by atoms with E-state index in [2.05, 4.69) is 9.97 Å². The molecule has 0 aliphatic rings. The van der Waals surface area contributed by atoms with Crippen LogP contribution in [0, 0.1) is 0 Å². The number of aldehydes is 1. The van der Waals surface area contributed by atoms with E-state index in [4.69, 9.17) is 5.11 Å². The fraction of sp³-hybridized carbons (Fsp3) is 0.312. The molecule has 4 heteroatoms. The van der Waals surface area contributed by atoms with Gasteiger partial charge in [-0.3, -0.25) is 9.97 Å². The van der Waals surface area contributed by atoms with E-state index in [1.54, 1.807) is 24.8 Å². The number of nitrogens with zero attached hydrogens (tertiary/aromatic N) is 2. The zero-order valence-electron chi connectivity index (χ0n) is 11.5. The van der Waals surface area contributed by atoms with Gasteiger partial charge < -0.3 is 9.90 Å². The SMILES string of the molecule is O=CCCc1ccncc1.OCCCc1ccncc1. The minimum absolute atomic E-state index is 0.266. The lowest BCUT2D eigenvalue weighted by molar-refractivity contribution is -0.107. The van der Waals surface area contributed by atoms with Crippen LogP contribution in [0.15, 0.2) is 49.1 Å². The number of aryl methyl sites for hydroxylation is 2. The zero-order chi connectivity index (χ0) is 14.5. The maximum atomic E-state index is 9.96. The molecule has 0 spiro atoms. The average Bonchev–Trinajstić information content (AvgIpc) is 2.53. The number of aliphatic hydroxyl groups excluding tert-OH is 1. The van der Waals surface area contributed by atoms with Crippen LogP contribution in [0.1, 0.15) is 24.0 Å². The Labute approximate surface area is 119 Å². The van der Waals surface area contributed by atoms with Gasteiger partial charge in [0, 0.05) is 37.8 Å². The van der Waals surface area contributed by atoms with Crippen LogP contribution in [0.2, 0.25) is 0 Å². The van der Waals surface area contributed by atoms with Gasteiger partial charge in [-0.15, -0.1) is 0 Å². The molecule has 0 atom stereocenters. The summed E-state index contributed by atoms with van der Waals surface area (Å²) in [6, 6.07) is 7.78. The third-order valence-electron chi connectivity index (χ3n) is 2.67. The Kier molecular flexibility index (Phi) is 8.65. The smallest absolute Gasteiger partial charge is 0.120 e. The molecule has 1 N–H and O–H groups in total. The van der Waals surface area contributed by atoms with Gasteiger partial charge in [0.2, 0.25) is 0 Å².